The van der Waals surface area contributed by atoms with E-state index in [1.165, 1.54) is 0 Å². The van der Waals surface area contributed by atoms with Crippen LogP contribution in [0.1, 0.15) is 4.88 Å². The van der Waals surface area contributed by atoms with Crippen LogP contribution in [0.5, 0.6) is 0 Å². The van der Waals surface area contributed by atoms with Crippen LogP contribution in [-0.2, 0) is 0 Å². The first-order valence-corrected chi connectivity index (χ1v) is 8.85. The smallest absolute Gasteiger partial charge is 0.188 e. The second-order valence-electron chi connectivity index (χ2n) is 4.65. The summed E-state index contributed by atoms with van der Waals surface area (Å²) in [6, 6.07) is 13.5. The molecule has 0 radical (unpaired) electrons. The Morgan fingerprint density at radius 1 is 1.05 bits per heavy atom. The van der Waals surface area contributed by atoms with Gasteiger partial charge in [-0.3, -0.25) is 0 Å². The number of benzene rings is 2. The van der Waals surface area contributed by atoms with Crippen LogP contribution in [0.4, 0.5) is 10.8 Å². The fraction of sp³-hybridized carbons (Fsp3) is 0.0625. The van der Waals surface area contributed by atoms with E-state index >= 15 is 0 Å². The average molecular weight is 414 g/mol. The molecule has 6 heteroatoms. The van der Waals surface area contributed by atoms with Gasteiger partial charge < -0.3 is 5.32 Å². The normalized spacial score (nSPS) is 10.7. The fourth-order valence-corrected chi connectivity index (χ4v) is 3.65. The summed E-state index contributed by atoms with van der Waals surface area (Å²) in [7, 11) is 0. The Morgan fingerprint density at radius 2 is 1.68 bits per heavy atom. The van der Waals surface area contributed by atoms with E-state index in [0.717, 1.165) is 25.7 Å². The van der Waals surface area contributed by atoms with Gasteiger partial charge in [0.15, 0.2) is 5.13 Å². The molecular weight excluding hydrogens is 403 g/mol. The number of nitrogens with one attached hydrogen (secondary N) is 1. The van der Waals surface area contributed by atoms with Gasteiger partial charge in [-0.25, -0.2) is 4.98 Å². The summed E-state index contributed by atoms with van der Waals surface area (Å²) in [4.78, 5) is 5.79. The molecule has 0 aliphatic heterocycles. The fourth-order valence-electron chi connectivity index (χ4n) is 2.05. The van der Waals surface area contributed by atoms with E-state index in [9.17, 15) is 0 Å². The molecule has 112 valence electrons. The molecule has 22 heavy (non-hydrogen) atoms. The van der Waals surface area contributed by atoms with Gasteiger partial charge in [-0.05, 0) is 31.2 Å². The number of aromatic nitrogens is 1. The highest BCUT2D eigenvalue weighted by atomic mass is 79.9. The predicted octanol–water partition coefficient (Wildman–Crippen LogP) is 6.93. The van der Waals surface area contributed by atoms with Crippen molar-refractivity contribution >= 4 is 61.3 Å². The molecule has 0 bridgehead atoms. The molecule has 0 fully saturated rings. The highest BCUT2D eigenvalue weighted by Gasteiger charge is 2.12. The lowest BCUT2D eigenvalue weighted by Crippen LogP contribution is -1.91. The summed E-state index contributed by atoms with van der Waals surface area (Å²) in [6.45, 7) is 2.05. The van der Waals surface area contributed by atoms with Crippen molar-refractivity contribution in [1.29, 1.82) is 0 Å². The van der Waals surface area contributed by atoms with Crippen molar-refractivity contribution in [3.63, 3.8) is 0 Å². The molecule has 0 saturated carbocycles. The van der Waals surface area contributed by atoms with Crippen LogP contribution in [0.2, 0.25) is 10.0 Å². The molecule has 3 aromatic rings. The van der Waals surface area contributed by atoms with Gasteiger partial charge in [-0.15, -0.1) is 11.3 Å². The number of para-hydroxylation sites is 1. The Bertz CT molecular complexity index is 795. The highest BCUT2D eigenvalue weighted by Crippen LogP contribution is 2.36. The van der Waals surface area contributed by atoms with E-state index in [1.807, 2.05) is 30.3 Å². The maximum Gasteiger partial charge on any atom is 0.188 e. The number of anilines is 2. The summed E-state index contributed by atoms with van der Waals surface area (Å²) in [5.41, 5.74) is 2.72. The molecule has 0 unspecified atom stereocenters. The van der Waals surface area contributed by atoms with Crippen LogP contribution < -0.4 is 5.32 Å². The van der Waals surface area contributed by atoms with Crippen LogP contribution in [0.15, 0.2) is 46.9 Å². The quantitative estimate of drug-likeness (QED) is 0.503. The van der Waals surface area contributed by atoms with E-state index in [-0.39, 0.29) is 0 Å². The van der Waals surface area contributed by atoms with Crippen molar-refractivity contribution in [2.45, 2.75) is 6.92 Å². The summed E-state index contributed by atoms with van der Waals surface area (Å²) in [6.07, 6.45) is 0. The lowest BCUT2D eigenvalue weighted by atomic mass is 10.1. The lowest BCUT2D eigenvalue weighted by molar-refractivity contribution is 1.36. The van der Waals surface area contributed by atoms with Crippen molar-refractivity contribution in [2.75, 3.05) is 5.32 Å². The first-order chi connectivity index (χ1) is 10.5. The molecule has 1 N–H and O–H groups in total. The number of thiazole rings is 1. The Balaban J connectivity index is 1.94. The van der Waals surface area contributed by atoms with Crippen molar-refractivity contribution in [3.8, 4) is 11.3 Å². The molecule has 0 amide bonds. The third-order valence-electron chi connectivity index (χ3n) is 3.11. The number of hydrogen-bond acceptors (Lipinski definition) is 3. The SMILES string of the molecule is Cc1sc(Nc2c(Cl)cccc2Cl)nc1-c1ccc(Br)cc1. The number of nitrogens with zero attached hydrogens (tertiary/aromatic N) is 1. The third-order valence-corrected chi connectivity index (χ3v) is 5.15. The van der Waals surface area contributed by atoms with Crippen molar-refractivity contribution in [3.05, 3.63) is 61.9 Å². The molecule has 1 heterocycles. The van der Waals surface area contributed by atoms with Crippen molar-refractivity contribution < 1.29 is 0 Å². The topological polar surface area (TPSA) is 24.9 Å². The number of aryl methyl sites for hydroxylation is 1. The highest BCUT2D eigenvalue weighted by molar-refractivity contribution is 9.10. The minimum absolute atomic E-state index is 0.575. The molecule has 3 rings (SSSR count). The van der Waals surface area contributed by atoms with Crippen molar-refractivity contribution in [2.24, 2.45) is 0 Å². The lowest BCUT2D eigenvalue weighted by Gasteiger charge is -2.06. The molecule has 0 aliphatic rings. The molecule has 0 atom stereocenters. The van der Waals surface area contributed by atoms with Gasteiger partial charge in [0, 0.05) is 14.9 Å². The van der Waals surface area contributed by atoms with Crippen LogP contribution in [0, 0.1) is 6.92 Å². The minimum Gasteiger partial charge on any atom is -0.329 e. The first kappa shape index (κ1) is 15.8. The van der Waals surface area contributed by atoms with Gasteiger partial charge in [0.05, 0.1) is 21.4 Å². The molecular formula is C16H11BrCl2N2S. The van der Waals surface area contributed by atoms with E-state index in [0.29, 0.717) is 15.7 Å². The molecule has 2 aromatic carbocycles. The zero-order valence-electron chi connectivity index (χ0n) is 11.5. The average Bonchev–Trinajstić information content (AvgIpc) is 2.85. The van der Waals surface area contributed by atoms with Gasteiger partial charge in [0.25, 0.3) is 0 Å². The molecule has 0 spiro atoms. The van der Waals surface area contributed by atoms with E-state index in [1.54, 1.807) is 23.5 Å². The minimum atomic E-state index is 0.575. The third kappa shape index (κ3) is 3.30. The monoisotopic (exact) mass is 412 g/mol. The second-order valence-corrected chi connectivity index (χ2v) is 7.59. The summed E-state index contributed by atoms with van der Waals surface area (Å²) in [5.74, 6) is 0. The largest absolute Gasteiger partial charge is 0.329 e. The zero-order chi connectivity index (χ0) is 15.7. The Hall–Kier alpha value is -1.07. The van der Waals surface area contributed by atoms with Gasteiger partial charge in [-0.2, -0.15) is 0 Å². The maximum atomic E-state index is 6.19. The van der Waals surface area contributed by atoms with Crippen LogP contribution in [0.3, 0.4) is 0 Å². The van der Waals surface area contributed by atoms with Crippen LogP contribution in [-0.4, -0.2) is 4.98 Å². The van der Waals surface area contributed by atoms with E-state index in [4.69, 9.17) is 23.2 Å². The van der Waals surface area contributed by atoms with E-state index < -0.39 is 0 Å². The Morgan fingerprint density at radius 3 is 2.32 bits per heavy atom. The standard InChI is InChI=1S/C16H11BrCl2N2S/c1-9-14(10-5-7-11(17)8-6-10)20-16(22-9)21-15-12(18)3-2-4-13(15)19/h2-8H,1H3,(H,20,21). The number of halogens is 3. The number of hydrogen-bond donors (Lipinski definition) is 1. The van der Waals surface area contributed by atoms with Gasteiger partial charge >= 0.3 is 0 Å². The van der Waals surface area contributed by atoms with Gasteiger partial charge in [0.2, 0.25) is 0 Å². The molecule has 0 aliphatic carbocycles. The van der Waals surface area contributed by atoms with Crippen LogP contribution in [0.25, 0.3) is 11.3 Å². The van der Waals surface area contributed by atoms with Crippen LogP contribution >= 0.6 is 50.5 Å². The van der Waals surface area contributed by atoms with Gasteiger partial charge in [0.1, 0.15) is 0 Å². The number of rotatable bonds is 3. The Kier molecular flexibility index (Phi) is 4.73. The maximum absolute atomic E-state index is 6.19. The van der Waals surface area contributed by atoms with Crippen molar-refractivity contribution in [1.82, 2.24) is 4.98 Å². The first-order valence-electron chi connectivity index (χ1n) is 6.49. The predicted molar refractivity (Wildman–Crippen MR) is 99.7 cm³/mol. The molecule has 2 nitrogen and oxygen atoms in total. The molecule has 0 saturated heterocycles. The summed E-state index contributed by atoms with van der Waals surface area (Å²) >= 11 is 17.4. The summed E-state index contributed by atoms with van der Waals surface area (Å²) < 4.78 is 1.05. The second kappa shape index (κ2) is 6.59. The summed E-state index contributed by atoms with van der Waals surface area (Å²) in [5, 5.41) is 5.14. The Labute approximate surface area is 151 Å². The molecule has 1 aromatic heterocycles. The zero-order valence-corrected chi connectivity index (χ0v) is 15.4. The van der Waals surface area contributed by atoms with Gasteiger partial charge in [-0.1, -0.05) is 57.3 Å². The van der Waals surface area contributed by atoms with E-state index in [2.05, 4.69) is 33.2 Å².